The SMILES string of the molecule is O=S(=O)(Cc1ccc(F)cc1)NCCOc1cccc2ccccc12. The molecule has 3 aromatic carbocycles. The summed E-state index contributed by atoms with van der Waals surface area (Å²) >= 11 is 0. The minimum Gasteiger partial charge on any atom is -0.492 e. The molecule has 0 aromatic heterocycles. The van der Waals surface area contributed by atoms with Gasteiger partial charge in [-0.25, -0.2) is 17.5 Å². The Hall–Kier alpha value is -2.44. The molecule has 6 heteroatoms. The van der Waals surface area contributed by atoms with Crippen LogP contribution in [0.25, 0.3) is 10.8 Å². The van der Waals surface area contributed by atoms with Crippen LogP contribution in [0, 0.1) is 5.82 Å². The third-order valence-electron chi connectivity index (χ3n) is 3.70. The fourth-order valence-corrected chi connectivity index (χ4v) is 3.66. The molecule has 1 N–H and O–H groups in total. The van der Waals surface area contributed by atoms with Crippen molar-refractivity contribution in [3.8, 4) is 5.75 Å². The van der Waals surface area contributed by atoms with Crippen molar-refractivity contribution in [1.82, 2.24) is 4.72 Å². The molecule has 0 radical (unpaired) electrons. The fraction of sp³-hybridized carbons (Fsp3) is 0.158. The van der Waals surface area contributed by atoms with Crippen molar-refractivity contribution in [2.24, 2.45) is 0 Å². The van der Waals surface area contributed by atoms with Crippen molar-refractivity contribution in [2.45, 2.75) is 5.75 Å². The number of fused-ring (bicyclic) bond motifs is 1. The molecule has 3 aromatic rings. The lowest BCUT2D eigenvalue weighted by molar-refractivity contribution is 0.326. The van der Waals surface area contributed by atoms with Crippen molar-refractivity contribution in [3.05, 3.63) is 78.1 Å². The van der Waals surface area contributed by atoms with E-state index in [9.17, 15) is 12.8 Å². The van der Waals surface area contributed by atoms with Gasteiger partial charge in [0.1, 0.15) is 18.2 Å². The molecule has 0 unspecified atom stereocenters. The number of ether oxygens (including phenoxy) is 1. The Morgan fingerprint density at radius 3 is 2.44 bits per heavy atom. The fourth-order valence-electron chi connectivity index (χ4n) is 2.53. The summed E-state index contributed by atoms with van der Waals surface area (Å²) in [6.07, 6.45) is 0. The Morgan fingerprint density at radius 1 is 0.920 bits per heavy atom. The van der Waals surface area contributed by atoms with Gasteiger partial charge in [0.15, 0.2) is 0 Å². The average molecular weight is 359 g/mol. The minimum atomic E-state index is -3.50. The van der Waals surface area contributed by atoms with E-state index in [4.69, 9.17) is 4.74 Å². The van der Waals surface area contributed by atoms with Gasteiger partial charge in [-0.3, -0.25) is 0 Å². The first-order valence-corrected chi connectivity index (χ1v) is 9.51. The highest BCUT2D eigenvalue weighted by atomic mass is 32.2. The quantitative estimate of drug-likeness (QED) is 0.657. The first-order valence-electron chi connectivity index (χ1n) is 7.86. The maximum atomic E-state index is 12.9. The number of benzene rings is 3. The summed E-state index contributed by atoms with van der Waals surface area (Å²) in [5.74, 6) is 0.134. The Kier molecular flexibility index (Phi) is 5.31. The number of rotatable bonds is 7. The molecular formula is C19H18FNO3S. The van der Waals surface area contributed by atoms with Crippen LogP contribution >= 0.6 is 0 Å². The Morgan fingerprint density at radius 2 is 1.64 bits per heavy atom. The number of hydrogen-bond donors (Lipinski definition) is 1. The molecule has 25 heavy (non-hydrogen) atoms. The zero-order chi connectivity index (χ0) is 17.7. The summed E-state index contributed by atoms with van der Waals surface area (Å²) in [4.78, 5) is 0. The van der Waals surface area contributed by atoms with Gasteiger partial charge in [0, 0.05) is 11.9 Å². The lowest BCUT2D eigenvalue weighted by atomic mass is 10.1. The van der Waals surface area contributed by atoms with Gasteiger partial charge in [0.25, 0.3) is 0 Å². The molecule has 0 spiro atoms. The molecule has 0 saturated heterocycles. The lowest BCUT2D eigenvalue weighted by Crippen LogP contribution is -2.29. The zero-order valence-corrected chi connectivity index (χ0v) is 14.3. The third kappa shape index (κ3) is 4.78. The monoisotopic (exact) mass is 359 g/mol. The van der Waals surface area contributed by atoms with E-state index < -0.39 is 15.8 Å². The molecule has 4 nitrogen and oxygen atoms in total. The highest BCUT2D eigenvalue weighted by Crippen LogP contribution is 2.24. The summed E-state index contributed by atoms with van der Waals surface area (Å²) in [5.41, 5.74) is 0.531. The van der Waals surface area contributed by atoms with Crippen LogP contribution in [0.5, 0.6) is 5.75 Å². The van der Waals surface area contributed by atoms with E-state index in [-0.39, 0.29) is 18.9 Å². The van der Waals surface area contributed by atoms with Crippen LogP contribution in [0.1, 0.15) is 5.56 Å². The van der Waals surface area contributed by atoms with Crippen molar-refractivity contribution < 1.29 is 17.5 Å². The van der Waals surface area contributed by atoms with Crippen LogP contribution in [-0.2, 0) is 15.8 Å². The predicted molar refractivity (Wildman–Crippen MR) is 96.5 cm³/mol. The van der Waals surface area contributed by atoms with Crippen LogP contribution in [0.15, 0.2) is 66.7 Å². The molecule has 0 amide bonds. The van der Waals surface area contributed by atoms with Crippen molar-refractivity contribution in [1.29, 1.82) is 0 Å². The second kappa shape index (κ2) is 7.63. The molecule has 0 aliphatic carbocycles. The normalized spacial score (nSPS) is 11.6. The highest BCUT2D eigenvalue weighted by Gasteiger charge is 2.11. The van der Waals surface area contributed by atoms with Crippen LogP contribution in [0.3, 0.4) is 0 Å². The van der Waals surface area contributed by atoms with Crippen molar-refractivity contribution in [2.75, 3.05) is 13.2 Å². The van der Waals surface area contributed by atoms with Crippen LogP contribution in [0.4, 0.5) is 4.39 Å². The van der Waals surface area contributed by atoms with E-state index in [0.717, 1.165) is 16.5 Å². The number of nitrogens with one attached hydrogen (secondary N) is 1. The van der Waals surface area contributed by atoms with Crippen LogP contribution in [-0.4, -0.2) is 21.6 Å². The Bertz CT molecular complexity index is 951. The molecular weight excluding hydrogens is 341 g/mol. The molecule has 0 aliphatic heterocycles. The zero-order valence-electron chi connectivity index (χ0n) is 13.5. The summed E-state index contributed by atoms with van der Waals surface area (Å²) in [5, 5.41) is 2.05. The van der Waals surface area contributed by atoms with E-state index in [1.54, 1.807) is 0 Å². The van der Waals surface area contributed by atoms with Gasteiger partial charge in [-0.1, -0.05) is 48.5 Å². The van der Waals surface area contributed by atoms with E-state index in [1.165, 1.54) is 24.3 Å². The number of halogens is 1. The number of hydrogen-bond acceptors (Lipinski definition) is 3. The standard InChI is InChI=1S/C19H18FNO3S/c20-17-10-8-15(9-11-17)14-25(22,23)21-12-13-24-19-7-3-5-16-4-1-2-6-18(16)19/h1-11,21H,12-14H2. The highest BCUT2D eigenvalue weighted by molar-refractivity contribution is 7.88. The molecule has 0 bridgehead atoms. The second-order valence-corrected chi connectivity index (χ2v) is 7.41. The Labute approximate surface area is 146 Å². The Balaban J connectivity index is 1.54. The summed E-state index contributed by atoms with van der Waals surface area (Å²) in [7, 11) is -3.50. The molecule has 0 atom stereocenters. The molecule has 0 heterocycles. The van der Waals surface area contributed by atoms with Gasteiger partial charge >= 0.3 is 0 Å². The summed E-state index contributed by atoms with van der Waals surface area (Å²) in [6.45, 7) is 0.378. The molecule has 0 aliphatic rings. The van der Waals surface area contributed by atoms with Crippen LogP contribution < -0.4 is 9.46 Å². The van der Waals surface area contributed by atoms with E-state index in [2.05, 4.69) is 4.72 Å². The van der Waals surface area contributed by atoms with E-state index in [1.807, 2.05) is 42.5 Å². The molecule has 3 rings (SSSR count). The van der Waals surface area contributed by atoms with Gasteiger partial charge in [-0.05, 0) is 29.1 Å². The maximum absolute atomic E-state index is 12.9. The molecule has 0 fully saturated rings. The first kappa shape index (κ1) is 17.4. The van der Waals surface area contributed by atoms with Crippen molar-refractivity contribution in [3.63, 3.8) is 0 Å². The minimum absolute atomic E-state index is 0.159. The van der Waals surface area contributed by atoms with Crippen LogP contribution in [0.2, 0.25) is 0 Å². The van der Waals surface area contributed by atoms with Gasteiger partial charge in [-0.2, -0.15) is 0 Å². The first-order chi connectivity index (χ1) is 12.0. The van der Waals surface area contributed by atoms with Gasteiger partial charge in [0.2, 0.25) is 10.0 Å². The summed E-state index contributed by atoms with van der Waals surface area (Å²) < 4.78 is 45.2. The van der Waals surface area contributed by atoms with Gasteiger partial charge in [0.05, 0.1) is 5.75 Å². The van der Waals surface area contributed by atoms with Gasteiger partial charge in [-0.15, -0.1) is 0 Å². The maximum Gasteiger partial charge on any atom is 0.215 e. The predicted octanol–water partition coefficient (Wildman–Crippen LogP) is 3.48. The van der Waals surface area contributed by atoms with Gasteiger partial charge < -0.3 is 4.74 Å². The second-order valence-electron chi connectivity index (χ2n) is 5.61. The smallest absolute Gasteiger partial charge is 0.215 e. The van der Waals surface area contributed by atoms with Crippen molar-refractivity contribution >= 4 is 20.8 Å². The van der Waals surface area contributed by atoms with E-state index >= 15 is 0 Å². The summed E-state index contributed by atoms with van der Waals surface area (Å²) in [6, 6.07) is 19.0. The average Bonchev–Trinajstić information content (AvgIpc) is 2.61. The largest absolute Gasteiger partial charge is 0.492 e. The topological polar surface area (TPSA) is 55.4 Å². The molecule has 0 saturated carbocycles. The molecule has 130 valence electrons. The third-order valence-corrected chi connectivity index (χ3v) is 5.06. The number of sulfonamides is 1. The lowest BCUT2D eigenvalue weighted by Gasteiger charge is -2.10. The van der Waals surface area contributed by atoms with E-state index in [0.29, 0.717) is 5.56 Å².